The number of thiazole rings is 1. The van der Waals surface area contributed by atoms with E-state index < -0.39 is 5.60 Å². The molecule has 1 rings (SSSR count). The van der Waals surface area contributed by atoms with Gasteiger partial charge in [-0.05, 0) is 26.2 Å². The summed E-state index contributed by atoms with van der Waals surface area (Å²) in [4.78, 5) is 5.71. The van der Waals surface area contributed by atoms with Crippen LogP contribution >= 0.6 is 11.3 Å². The third-order valence-corrected chi connectivity index (χ3v) is 3.80. The fraction of sp³-hybridized carbons (Fsp3) is 0.769. The lowest BCUT2D eigenvalue weighted by Crippen LogP contribution is -2.15. The van der Waals surface area contributed by atoms with Crippen molar-refractivity contribution in [2.24, 2.45) is 5.92 Å². The molecule has 0 bridgehead atoms. The quantitative estimate of drug-likeness (QED) is 0.855. The average Bonchev–Trinajstić information content (AvgIpc) is 2.46. The topological polar surface area (TPSA) is 33.1 Å². The molecule has 0 spiro atoms. The molecule has 92 valence electrons. The van der Waals surface area contributed by atoms with Gasteiger partial charge in [0.1, 0.15) is 0 Å². The lowest BCUT2D eigenvalue weighted by atomic mass is 10.0. The number of aryl methyl sites for hydroxylation is 1. The Bertz CT molecular complexity index is 336. The first kappa shape index (κ1) is 13.7. The van der Waals surface area contributed by atoms with Gasteiger partial charge in [0.25, 0.3) is 0 Å². The fourth-order valence-corrected chi connectivity index (χ4v) is 3.05. The van der Waals surface area contributed by atoms with Gasteiger partial charge < -0.3 is 5.11 Å². The maximum Gasteiger partial charge on any atom is 0.0950 e. The van der Waals surface area contributed by atoms with E-state index in [1.807, 2.05) is 13.8 Å². The first-order chi connectivity index (χ1) is 7.34. The van der Waals surface area contributed by atoms with Gasteiger partial charge >= 0.3 is 0 Å². The van der Waals surface area contributed by atoms with Gasteiger partial charge in [-0.2, -0.15) is 0 Å². The van der Waals surface area contributed by atoms with E-state index in [0.29, 0.717) is 5.92 Å². The lowest BCUT2D eigenvalue weighted by Gasteiger charge is -2.16. The zero-order chi connectivity index (χ0) is 12.3. The highest BCUT2D eigenvalue weighted by Crippen LogP contribution is 2.31. The SMILES string of the molecule is CCCc1nc(CC(C)C)sc1C(C)(C)O. The third kappa shape index (κ3) is 3.56. The minimum absolute atomic E-state index is 0.621. The van der Waals surface area contributed by atoms with Crippen molar-refractivity contribution in [2.45, 2.75) is 59.5 Å². The zero-order valence-corrected chi connectivity index (χ0v) is 11.8. The van der Waals surface area contributed by atoms with Crippen molar-refractivity contribution < 1.29 is 5.11 Å². The molecule has 1 N–H and O–H groups in total. The van der Waals surface area contributed by atoms with Crippen molar-refractivity contribution >= 4 is 11.3 Å². The highest BCUT2D eigenvalue weighted by molar-refractivity contribution is 7.11. The average molecular weight is 241 g/mol. The maximum absolute atomic E-state index is 10.1. The zero-order valence-electron chi connectivity index (χ0n) is 11.0. The molecule has 1 heterocycles. The van der Waals surface area contributed by atoms with E-state index in [0.717, 1.165) is 34.8 Å². The molecule has 0 aromatic carbocycles. The monoisotopic (exact) mass is 241 g/mol. The second-order valence-electron chi connectivity index (χ2n) is 5.29. The summed E-state index contributed by atoms with van der Waals surface area (Å²) in [5.41, 5.74) is 0.341. The summed E-state index contributed by atoms with van der Waals surface area (Å²) in [5.74, 6) is 0.621. The highest BCUT2D eigenvalue weighted by atomic mass is 32.1. The van der Waals surface area contributed by atoms with E-state index in [4.69, 9.17) is 0 Å². The molecule has 16 heavy (non-hydrogen) atoms. The molecule has 0 aliphatic carbocycles. The Kier molecular flexibility index (Phi) is 4.51. The smallest absolute Gasteiger partial charge is 0.0950 e. The first-order valence-corrected chi connectivity index (χ1v) is 6.87. The molecule has 0 saturated carbocycles. The maximum atomic E-state index is 10.1. The predicted octanol–water partition coefficient (Wildman–Crippen LogP) is 3.52. The number of hydrogen-bond acceptors (Lipinski definition) is 3. The van der Waals surface area contributed by atoms with Crippen LogP contribution in [0.1, 0.15) is 56.6 Å². The van der Waals surface area contributed by atoms with Crippen LogP contribution in [-0.4, -0.2) is 10.1 Å². The van der Waals surface area contributed by atoms with Crippen molar-refractivity contribution in [1.82, 2.24) is 4.98 Å². The molecular formula is C13H23NOS. The van der Waals surface area contributed by atoms with Crippen molar-refractivity contribution in [3.05, 3.63) is 15.6 Å². The van der Waals surface area contributed by atoms with E-state index >= 15 is 0 Å². The van der Waals surface area contributed by atoms with E-state index in [9.17, 15) is 5.11 Å². The van der Waals surface area contributed by atoms with Crippen molar-refractivity contribution in [3.8, 4) is 0 Å². The molecule has 3 heteroatoms. The van der Waals surface area contributed by atoms with Crippen LogP contribution in [0.5, 0.6) is 0 Å². The summed E-state index contributed by atoms with van der Waals surface area (Å²) in [7, 11) is 0. The largest absolute Gasteiger partial charge is 0.385 e. The van der Waals surface area contributed by atoms with Crippen LogP contribution in [0.25, 0.3) is 0 Å². The minimum Gasteiger partial charge on any atom is -0.385 e. The van der Waals surface area contributed by atoms with E-state index in [1.165, 1.54) is 0 Å². The summed E-state index contributed by atoms with van der Waals surface area (Å²) < 4.78 is 0. The molecule has 2 nitrogen and oxygen atoms in total. The van der Waals surface area contributed by atoms with Crippen LogP contribution in [-0.2, 0) is 18.4 Å². The lowest BCUT2D eigenvalue weighted by molar-refractivity contribution is 0.0813. The second kappa shape index (κ2) is 5.28. The molecule has 0 aliphatic heterocycles. The van der Waals surface area contributed by atoms with Crippen LogP contribution in [0.15, 0.2) is 0 Å². The third-order valence-electron chi connectivity index (χ3n) is 2.37. The molecule has 0 unspecified atom stereocenters. The van der Waals surface area contributed by atoms with Gasteiger partial charge in [-0.3, -0.25) is 0 Å². The Labute approximate surface area is 103 Å². The van der Waals surface area contributed by atoms with Crippen molar-refractivity contribution in [2.75, 3.05) is 0 Å². The molecule has 0 radical (unpaired) electrons. The summed E-state index contributed by atoms with van der Waals surface area (Å²) in [5, 5.41) is 11.3. The van der Waals surface area contributed by atoms with E-state index in [1.54, 1.807) is 11.3 Å². The van der Waals surface area contributed by atoms with Crippen LogP contribution in [0.4, 0.5) is 0 Å². The Morgan fingerprint density at radius 3 is 2.44 bits per heavy atom. The van der Waals surface area contributed by atoms with Gasteiger partial charge in [0.2, 0.25) is 0 Å². The van der Waals surface area contributed by atoms with Gasteiger partial charge in [0.05, 0.1) is 21.2 Å². The van der Waals surface area contributed by atoms with Crippen LogP contribution < -0.4 is 0 Å². The Morgan fingerprint density at radius 1 is 1.38 bits per heavy atom. The summed E-state index contributed by atoms with van der Waals surface area (Å²) in [6, 6.07) is 0. The molecular weight excluding hydrogens is 218 g/mol. The number of nitrogens with zero attached hydrogens (tertiary/aromatic N) is 1. The van der Waals surface area contributed by atoms with E-state index in [-0.39, 0.29) is 0 Å². The Balaban J connectivity index is 3.00. The van der Waals surface area contributed by atoms with Crippen LogP contribution in [0, 0.1) is 5.92 Å². The minimum atomic E-state index is -0.753. The molecule has 0 fully saturated rings. The normalized spacial score (nSPS) is 12.4. The number of rotatable bonds is 5. The van der Waals surface area contributed by atoms with Gasteiger partial charge in [-0.1, -0.05) is 27.2 Å². The Morgan fingerprint density at radius 2 is 2.00 bits per heavy atom. The van der Waals surface area contributed by atoms with Crippen molar-refractivity contribution in [1.29, 1.82) is 0 Å². The predicted molar refractivity (Wildman–Crippen MR) is 69.9 cm³/mol. The summed E-state index contributed by atoms with van der Waals surface area (Å²) in [6.07, 6.45) is 3.05. The standard InChI is InChI=1S/C13H23NOS/c1-6-7-10-12(13(4,5)15)16-11(14-10)8-9(2)3/h9,15H,6-8H2,1-5H3. The van der Waals surface area contributed by atoms with Gasteiger partial charge in [0, 0.05) is 6.42 Å². The fourth-order valence-electron chi connectivity index (χ4n) is 1.72. The van der Waals surface area contributed by atoms with Crippen molar-refractivity contribution in [3.63, 3.8) is 0 Å². The highest BCUT2D eigenvalue weighted by Gasteiger charge is 2.24. The molecule has 0 aliphatic rings. The molecule has 0 amide bonds. The molecule has 0 saturated heterocycles. The Hall–Kier alpha value is -0.410. The van der Waals surface area contributed by atoms with Gasteiger partial charge in [-0.25, -0.2) is 4.98 Å². The van der Waals surface area contributed by atoms with Crippen LogP contribution in [0.3, 0.4) is 0 Å². The number of aliphatic hydroxyl groups is 1. The summed E-state index contributed by atoms with van der Waals surface area (Å²) in [6.45, 7) is 10.2. The van der Waals surface area contributed by atoms with E-state index in [2.05, 4.69) is 25.8 Å². The van der Waals surface area contributed by atoms with Crippen LogP contribution in [0.2, 0.25) is 0 Å². The second-order valence-corrected chi connectivity index (χ2v) is 6.37. The van der Waals surface area contributed by atoms with Gasteiger partial charge in [-0.15, -0.1) is 11.3 Å². The molecule has 1 aromatic rings. The number of aromatic nitrogens is 1. The summed E-state index contributed by atoms with van der Waals surface area (Å²) >= 11 is 1.67. The van der Waals surface area contributed by atoms with Gasteiger partial charge in [0.15, 0.2) is 0 Å². The molecule has 1 aromatic heterocycles. The first-order valence-electron chi connectivity index (χ1n) is 6.06. The number of hydrogen-bond donors (Lipinski definition) is 1. The molecule has 0 atom stereocenters.